The number of benzene rings is 8. The monoisotopic (exact) mass is 677 g/mol. The second-order valence-corrected chi connectivity index (χ2v) is 13.7. The number of hydrogen-bond donors (Lipinski definition) is 0. The molecule has 8 aromatic carbocycles. The second-order valence-electron chi connectivity index (χ2n) is 13.7. The van der Waals surface area contributed by atoms with Crippen LogP contribution in [0.4, 0.5) is 0 Å². The van der Waals surface area contributed by atoms with Crippen LogP contribution in [0.5, 0.6) is 0 Å². The van der Waals surface area contributed by atoms with Gasteiger partial charge < -0.3 is 8.83 Å². The van der Waals surface area contributed by atoms with Gasteiger partial charge in [-0.1, -0.05) is 140 Å². The normalized spacial score (nSPS) is 12.2. The highest BCUT2D eigenvalue weighted by Gasteiger charge is 2.25. The number of fused-ring (bicyclic) bond motifs is 13. The van der Waals surface area contributed by atoms with Crippen molar-refractivity contribution in [3.63, 3.8) is 0 Å². The number of nitrogens with zero attached hydrogens (tertiary/aromatic N) is 3. The van der Waals surface area contributed by atoms with Crippen molar-refractivity contribution in [1.29, 1.82) is 0 Å². The Balaban J connectivity index is 1.31. The number of furan rings is 2. The van der Waals surface area contributed by atoms with E-state index in [1.165, 1.54) is 5.39 Å². The Morgan fingerprint density at radius 1 is 0.453 bits per heavy atom. The topological polar surface area (TPSA) is 57.0 Å². The molecular weight excluding hydrogens is 651 g/mol. The number of para-hydroxylation sites is 3. The van der Waals surface area contributed by atoms with E-state index in [1.807, 2.05) is 48.5 Å². The Bertz CT molecular complexity index is 3460. The van der Waals surface area contributed by atoms with Gasteiger partial charge in [-0.25, -0.2) is 9.97 Å². The summed E-state index contributed by atoms with van der Waals surface area (Å²) in [6.07, 6.45) is 0. The molecule has 246 valence electrons. The zero-order valence-electron chi connectivity index (χ0n) is 28.2. The summed E-state index contributed by atoms with van der Waals surface area (Å²) in [5.41, 5.74) is 9.74. The summed E-state index contributed by atoms with van der Waals surface area (Å²) in [6.45, 7) is 0. The molecule has 0 atom stereocenters. The van der Waals surface area contributed by atoms with Crippen molar-refractivity contribution in [2.24, 2.45) is 0 Å². The largest absolute Gasteiger partial charge is 0.455 e. The minimum absolute atomic E-state index is 0.516. The lowest BCUT2D eigenvalue weighted by atomic mass is 9.93. The van der Waals surface area contributed by atoms with E-state index in [4.69, 9.17) is 18.8 Å². The Kier molecular flexibility index (Phi) is 5.71. The SMILES string of the molecule is c1ccc(-c2nc3oc4ccccc4c3nc2-n2c3cc(-c4cccc5c4oc4ccccc45)c4ccccc4c3c3ccc4ccccc4c32)cc1. The Morgan fingerprint density at radius 2 is 1.13 bits per heavy atom. The van der Waals surface area contributed by atoms with Crippen LogP contribution in [0.15, 0.2) is 173 Å². The average Bonchev–Trinajstić information content (AvgIpc) is 3.90. The van der Waals surface area contributed by atoms with Crippen molar-refractivity contribution in [2.45, 2.75) is 0 Å². The summed E-state index contributed by atoms with van der Waals surface area (Å²) in [6, 6.07) is 57.3. The van der Waals surface area contributed by atoms with Crippen molar-refractivity contribution in [3.05, 3.63) is 164 Å². The lowest BCUT2D eigenvalue weighted by Gasteiger charge is -2.15. The molecule has 4 heterocycles. The maximum atomic E-state index is 6.65. The van der Waals surface area contributed by atoms with E-state index in [0.717, 1.165) is 105 Å². The highest BCUT2D eigenvalue weighted by atomic mass is 16.3. The van der Waals surface area contributed by atoms with Gasteiger partial charge in [0.1, 0.15) is 28.0 Å². The van der Waals surface area contributed by atoms with Crippen LogP contribution in [-0.4, -0.2) is 14.5 Å². The molecule has 0 unspecified atom stereocenters. The third-order valence-corrected chi connectivity index (χ3v) is 10.8. The molecule has 0 N–H and O–H groups in total. The van der Waals surface area contributed by atoms with Gasteiger partial charge in [-0.2, -0.15) is 0 Å². The smallest absolute Gasteiger partial charge is 0.247 e. The highest BCUT2D eigenvalue weighted by molar-refractivity contribution is 6.28. The van der Waals surface area contributed by atoms with E-state index in [2.05, 4.69) is 120 Å². The minimum atomic E-state index is 0.516. The van der Waals surface area contributed by atoms with Gasteiger partial charge >= 0.3 is 0 Å². The van der Waals surface area contributed by atoms with Crippen LogP contribution in [0.2, 0.25) is 0 Å². The van der Waals surface area contributed by atoms with Crippen molar-refractivity contribution in [1.82, 2.24) is 14.5 Å². The molecule has 0 aliphatic rings. The molecule has 53 heavy (non-hydrogen) atoms. The number of hydrogen-bond acceptors (Lipinski definition) is 4. The molecule has 0 aliphatic carbocycles. The van der Waals surface area contributed by atoms with Crippen LogP contribution in [0.25, 0.3) is 116 Å². The van der Waals surface area contributed by atoms with E-state index in [-0.39, 0.29) is 0 Å². The number of rotatable bonds is 3. The van der Waals surface area contributed by atoms with Crippen LogP contribution in [0, 0.1) is 0 Å². The zero-order chi connectivity index (χ0) is 34.6. The predicted octanol–water partition coefficient (Wildman–Crippen LogP) is 13.0. The molecule has 0 bridgehead atoms. The van der Waals surface area contributed by atoms with Crippen molar-refractivity contribution in [2.75, 3.05) is 0 Å². The Hall–Kier alpha value is -7.24. The van der Waals surface area contributed by atoms with E-state index in [1.54, 1.807) is 0 Å². The molecule has 0 aliphatic heterocycles. The highest BCUT2D eigenvalue weighted by Crippen LogP contribution is 2.46. The summed E-state index contributed by atoms with van der Waals surface area (Å²) in [7, 11) is 0. The average molecular weight is 678 g/mol. The summed E-state index contributed by atoms with van der Waals surface area (Å²) < 4.78 is 15.3. The molecule has 4 aromatic heterocycles. The molecule has 5 heteroatoms. The fourth-order valence-electron chi connectivity index (χ4n) is 8.50. The Labute approximate surface area is 302 Å². The van der Waals surface area contributed by atoms with Gasteiger partial charge in [0.2, 0.25) is 5.71 Å². The summed E-state index contributed by atoms with van der Waals surface area (Å²) >= 11 is 0. The maximum absolute atomic E-state index is 6.65. The van der Waals surface area contributed by atoms with E-state index >= 15 is 0 Å². The first-order valence-corrected chi connectivity index (χ1v) is 17.8. The molecule has 0 radical (unpaired) electrons. The van der Waals surface area contributed by atoms with Crippen molar-refractivity contribution < 1.29 is 8.83 Å². The van der Waals surface area contributed by atoms with Crippen molar-refractivity contribution >= 4 is 87.5 Å². The van der Waals surface area contributed by atoms with Crippen molar-refractivity contribution in [3.8, 4) is 28.2 Å². The van der Waals surface area contributed by atoms with Crippen LogP contribution in [0.3, 0.4) is 0 Å². The van der Waals surface area contributed by atoms with Gasteiger partial charge in [-0.15, -0.1) is 0 Å². The molecule has 0 saturated heterocycles. The molecule has 0 fully saturated rings. The fourth-order valence-corrected chi connectivity index (χ4v) is 8.50. The molecule has 0 saturated carbocycles. The first-order chi connectivity index (χ1) is 26.3. The van der Waals surface area contributed by atoms with E-state index in [9.17, 15) is 0 Å². The first kappa shape index (κ1) is 28.5. The molecule has 12 rings (SSSR count). The quantitative estimate of drug-likeness (QED) is 0.187. The molecular formula is C48H27N3O2. The van der Waals surface area contributed by atoms with Crippen LogP contribution in [0.1, 0.15) is 0 Å². The lowest BCUT2D eigenvalue weighted by Crippen LogP contribution is -2.03. The standard InChI is InChI=1S/C48H27N3O2/c1-2-14-29(15-3-1)43-47(49-44-36-20-9-11-24-41(36)53-48(44)50-43)51-39-27-38(35-22-12-21-34-32-18-8-10-23-40(32)52-46(34)35)31-17-6-7-19-33(31)42(39)37-26-25-28-13-4-5-16-30(28)45(37)51/h1-27H. The van der Waals surface area contributed by atoms with Gasteiger partial charge in [-0.05, 0) is 46.0 Å². The third kappa shape index (κ3) is 3.96. The summed E-state index contributed by atoms with van der Waals surface area (Å²) in [4.78, 5) is 10.8. The van der Waals surface area contributed by atoms with Crippen LogP contribution in [-0.2, 0) is 0 Å². The lowest BCUT2D eigenvalue weighted by molar-refractivity contribution is 0.653. The van der Waals surface area contributed by atoms with Crippen LogP contribution < -0.4 is 0 Å². The summed E-state index contributed by atoms with van der Waals surface area (Å²) in [5.74, 6) is 0.745. The van der Waals surface area contributed by atoms with E-state index in [0.29, 0.717) is 5.71 Å². The van der Waals surface area contributed by atoms with E-state index < -0.39 is 0 Å². The van der Waals surface area contributed by atoms with Gasteiger partial charge in [0.15, 0.2) is 5.82 Å². The predicted molar refractivity (Wildman–Crippen MR) is 217 cm³/mol. The first-order valence-electron chi connectivity index (χ1n) is 17.8. The summed E-state index contributed by atoms with van der Waals surface area (Å²) in [5, 5.41) is 10.1. The number of aromatic nitrogens is 3. The van der Waals surface area contributed by atoms with Gasteiger partial charge in [-0.3, -0.25) is 4.57 Å². The van der Waals surface area contributed by atoms with Gasteiger partial charge in [0.25, 0.3) is 0 Å². The minimum Gasteiger partial charge on any atom is -0.455 e. The second kappa shape index (κ2) is 10.6. The molecule has 0 spiro atoms. The Morgan fingerprint density at radius 3 is 1.98 bits per heavy atom. The molecule has 0 amide bonds. The maximum Gasteiger partial charge on any atom is 0.247 e. The van der Waals surface area contributed by atoms with Gasteiger partial charge in [0.05, 0.1) is 11.0 Å². The molecule has 5 nitrogen and oxygen atoms in total. The van der Waals surface area contributed by atoms with Gasteiger partial charge in [0, 0.05) is 43.4 Å². The van der Waals surface area contributed by atoms with Crippen LogP contribution >= 0.6 is 0 Å². The molecule has 12 aromatic rings. The zero-order valence-corrected chi connectivity index (χ0v) is 28.2. The fraction of sp³-hybridized carbons (Fsp3) is 0. The third-order valence-electron chi connectivity index (χ3n) is 10.8.